The van der Waals surface area contributed by atoms with Crippen molar-refractivity contribution in [3.05, 3.63) is 58.5 Å². The average Bonchev–Trinajstić information content (AvgIpc) is 3.00. The van der Waals surface area contributed by atoms with E-state index in [0.29, 0.717) is 12.8 Å². The predicted octanol–water partition coefficient (Wildman–Crippen LogP) is 2.03. The summed E-state index contributed by atoms with van der Waals surface area (Å²) in [5.41, 5.74) is -0.305. The summed E-state index contributed by atoms with van der Waals surface area (Å²) in [4.78, 5) is 16.6. The first-order valence-corrected chi connectivity index (χ1v) is 7.88. The fourth-order valence-corrected chi connectivity index (χ4v) is 2.57. The molecule has 0 unspecified atom stereocenters. The second-order valence-corrected chi connectivity index (χ2v) is 6.02. The Labute approximate surface area is 126 Å². The molecule has 1 heterocycles. The standard InChI is InChI=1S/C13H14N2O6S/c16-15(17)11-4-1-7-13(10-11)22(18,19)14-21-9-3-6-12-5-2-8-20-12/h1-2,4-5,7-8,10,14H,3,6,9H2. The van der Waals surface area contributed by atoms with Gasteiger partial charge in [-0.2, -0.15) is 0 Å². The predicted molar refractivity (Wildman–Crippen MR) is 76.4 cm³/mol. The van der Waals surface area contributed by atoms with Crippen LogP contribution in [0, 0.1) is 10.1 Å². The van der Waals surface area contributed by atoms with Crippen molar-refractivity contribution < 1.29 is 22.6 Å². The molecule has 0 fully saturated rings. The van der Waals surface area contributed by atoms with E-state index < -0.39 is 14.9 Å². The molecule has 0 aliphatic carbocycles. The Balaban J connectivity index is 1.85. The molecule has 1 aromatic heterocycles. The molecule has 118 valence electrons. The summed E-state index contributed by atoms with van der Waals surface area (Å²) < 4.78 is 29.0. The van der Waals surface area contributed by atoms with Crippen molar-refractivity contribution in [2.24, 2.45) is 0 Å². The molecule has 0 spiro atoms. The molecule has 0 bridgehead atoms. The number of furan rings is 1. The van der Waals surface area contributed by atoms with Crippen LogP contribution in [0.3, 0.4) is 0 Å². The van der Waals surface area contributed by atoms with Crippen molar-refractivity contribution in [1.29, 1.82) is 0 Å². The SMILES string of the molecule is O=[N+]([O-])c1cccc(S(=O)(=O)NOCCCc2ccco2)c1. The minimum Gasteiger partial charge on any atom is -0.469 e. The third-order valence-electron chi connectivity index (χ3n) is 2.76. The van der Waals surface area contributed by atoms with Gasteiger partial charge in [0.05, 0.1) is 22.7 Å². The summed E-state index contributed by atoms with van der Waals surface area (Å²) in [6, 6.07) is 8.30. The van der Waals surface area contributed by atoms with Gasteiger partial charge in [-0.05, 0) is 24.6 Å². The van der Waals surface area contributed by atoms with Crippen molar-refractivity contribution in [3.63, 3.8) is 0 Å². The molecular formula is C13H14N2O6S. The lowest BCUT2D eigenvalue weighted by Gasteiger charge is -2.06. The highest BCUT2D eigenvalue weighted by molar-refractivity contribution is 7.89. The Kier molecular flexibility index (Phi) is 5.26. The highest BCUT2D eigenvalue weighted by Crippen LogP contribution is 2.17. The number of hydrogen-bond donors (Lipinski definition) is 1. The summed E-state index contributed by atoms with van der Waals surface area (Å²) in [5.74, 6) is 0.783. The first-order chi connectivity index (χ1) is 10.5. The number of rotatable bonds is 8. The van der Waals surface area contributed by atoms with Gasteiger partial charge in [0.25, 0.3) is 15.7 Å². The molecule has 0 saturated heterocycles. The zero-order valence-electron chi connectivity index (χ0n) is 11.5. The third kappa shape index (κ3) is 4.38. The van der Waals surface area contributed by atoms with Crippen LogP contribution in [0.25, 0.3) is 0 Å². The van der Waals surface area contributed by atoms with Gasteiger partial charge in [-0.1, -0.05) is 11.0 Å². The fraction of sp³-hybridized carbons (Fsp3) is 0.231. The average molecular weight is 326 g/mol. The van der Waals surface area contributed by atoms with E-state index in [-0.39, 0.29) is 17.2 Å². The molecule has 0 aliphatic rings. The lowest BCUT2D eigenvalue weighted by molar-refractivity contribution is -0.385. The zero-order chi connectivity index (χ0) is 16.0. The van der Waals surface area contributed by atoms with Gasteiger partial charge in [-0.25, -0.2) is 8.42 Å². The van der Waals surface area contributed by atoms with E-state index >= 15 is 0 Å². The Morgan fingerprint density at radius 2 is 2.09 bits per heavy atom. The zero-order valence-corrected chi connectivity index (χ0v) is 12.3. The molecular weight excluding hydrogens is 312 g/mol. The molecule has 9 heteroatoms. The van der Waals surface area contributed by atoms with E-state index in [1.165, 1.54) is 18.2 Å². The Bertz CT molecular complexity index is 727. The lowest BCUT2D eigenvalue weighted by atomic mass is 10.3. The molecule has 8 nitrogen and oxygen atoms in total. The molecule has 0 amide bonds. The monoisotopic (exact) mass is 326 g/mol. The fourth-order valence-electron chi connectivity index (χ4n) is 1.70. The van der Waals surface area contributed by atoms with E-state index in [1.807, 2.05) is 11.0 Å². The number of benzene rings is 1. The van der Waals surface area contributed by atoms with Crippen molar-refractivity contribution in [2.75, 3.05) is 6.61 Å². The van der Waals surface area contributed by atoms with Crippen LogP contribution in [-0.4, -0.2) is 19.9 Å². The molecule has 1 N–H and O–H groups in total. The van der Waals surface area contributed by atoms with Crippen LogP contribution in [0.4, 0.5) is 5.69 Å². The Morgan fingerprint density at radius 3 is 2.77 bits per heavy atom. The summed E-state index contributed by atoms with van der Waals surface area (Å²) in [6.07, 6.45) is 2.73. The van der Waals surface area contributed by atoms with Crippen LogP contribution in [0.2, 0.25) is 0 Å². The van der Waals surface area contributed by atoms with Gasteiger partial charge in [-0.3, -0.25) is 15.0 Å². The number of aryl methyl sites for hydroxylation is 1. The summed E-state index contributed by atoms with van der Waals surface area (Å²) in [5, 5.41) is 10.6. The van der Waals surface area contributed by atoms with Gasteiger partial charge in [-0.15, -0.1) is 0 Å². The number of non-ortho nitro benzene ring substituents is 1. The highest BCUT2D eigenvalue weighted by Gasteiger charge is 2.17. The molecule has 1 aromatic carbocycles. The molecule has 2 rings (SSSR count). The molecule has 2 aromatic rings. The minimum absolute atomic E-state index is 0.148. The van der Waals surface area contributed by atoms with Gasteiger partial charge in [0.15, 0.2) is 0 Å². The van der Waals surface area contributed by atoms with Gasteiger partial charge >= 0.3 is 0 Å². The first-order valence-electron chi connectivity index (χ1n) is 6.39. The Morgan fingerprint density at radius 1 is 1.27 bits per heavy atom. The first kappa shape index (κ1) is 16.1. The second-order valence-electron chi connectivity index (χ2n) is 4.37. The van der Waals surface area contributed by atoms with Crippen LogP contribution in [0.15, 0.2) is 52.0 Å². The van der Waals surface area contributed by atoms with Gasteiger partial charge in [0.1, 0.15) is 5.76 Å². The molecule has 0 saturated carbocycles. The number of hydrogen-bond acceptors (Lipinski definition) is 6. The van der Waals surface area contributed by atoms with Gasteiger partial charge < -0.3 is 4.42 Å². The number of nitrogens with one attached hydrogen (secondary N) is 1. The van der Waals surface area contributed by atoms with Crippen LogP contribution in [-0.2, 0) is 21.3 Å². The summed E-state index contributed by atoms with van der Waals surface area (Å²) in [6.45, 7) is 0.148. The van der Waals surface area contributed by atoms with Gasteiger partial charge in [0, 0.05) is 18.6 Å². The van der Waals surface area contributed by atoms with E-state index in [4.69, 9.17) is 9.25 Å². The highest BCUT2D eigenvalue weighted by atomic mass is 32.2. The molecule has 22 heavy (non-hydrogen) atoms. The van der Waals surface area contributed by atoms with Gasteiger partial charge in [0.2, 0.25) is 0 Å². The largest absolute Gasteiger partial charge is 0.469 e. The normalized spacial score (nSPS) is 11.5. The van der Waals surface area contributed by atoms with Crippen LogP contribution >= 0.6 is 0 Å². The summed E-state index contributed by atoms with van der Waals surface area (Å²) >= 11 is 0. The minimum atomic E-state index is -3.95. The van der Waals surface area contributed by atoms with E-state index in [2.05, 4.69) is 0 Å². The number of nitrogens with zero attached hydrogens (tertiary/aromatic N) is 1. The quantitative estimate of drug-likeness (QED) is 0.451. The number of nitro benzene ring substituents is 1. The smallest absolute Gasteiger partial charge is 0.270 e. The lowest BCUT2D eigenvalue weighted by Crippen LogP contribution is -2.24. The molecule has 0 aliphatic heterocycles. The van der Waals surface area contributed by atoms with E-state index in [0.717, 1.165) is 11.8 Å². The maximum Gasteiger partial charge on any atom is 0.270 e. The van der Waals surface area contributed by atoms with Crippen LogP contribution in [0.1, 0.15) is 12.2 Å². The van der Waals surface area contributed by atoms with Crippen molar-refractivity contribution in [2.45, 2.75) is 17.7 Å². The van der Waals surface area contributed by atoms with Crippen molar-refractivity contribution >= 4 is 15.7 Å². The maximum absolute atomic E-state index is 11.9. The Hall–Kier alpha value is -2.23. The number of nitro groups is 1. The van der Waals surface area contributed by atoms with Crippen molar-refractivity contribution in [3.8, 4) is 0 Å². The van der Waals surface area contributed by atoms with E-state index in [1.54, 1.807) is 12.3 Å². The molecule has 0 atom stereocenters. The van der Waals surface area contributed by atoms with Crippen LogP contribution in [0.5, 0.6) is 0 Å². The summed E-state index contributed by atoms with van der Waals surface area (Å²) in [7, 11) is -3.95. The second kappa shape index (κ2) is 7.16. The van der Waals surface area contributed by atoms with Crippen molar-refractivity contribution in [1.82, 2.24) is 4.89 Å². The third-order valence-corrected chi connectivity index (χ3v) is 3.97. The maximum atomic E-state index is 11.9. The topological polar surface area (TPSA) is 112 Å². The number of sulfonamides is 1. The van der Waals surface area contributed by atoms with E-state index in [9.17, 15) is 18.5 Å². The van der Waals surface area contributed by atoms with Crippen LogP contribution < -0.4 is 4.89 Å². The molecule has 0 radical (unpaired) electrons.